The van der Waals surface area contributed by atoms with Crippen LogP contribution in [0.4, 0.5) is 4.79 Å². The Morgan fingerprint density at radius 3 is 2.67 bits per heavy atom. The number of hydrogen-bond donors (Lipinski definition) is 2. The molecule has 0 aliphatic heterocycles. The smallest absolute Gasteiger partial charge is 0.407 e. The highest BCUT2D eigenvalue weighted by atomic mass is 16.5. The maximum atomic E-state index is 10.9. The largest absolute Gasteiger partial charge is 0.478 e. The summed E-state index contributed by atoms with van der Waals surface area (Å²) in [7, 11) is 0. The van der Waals surface area contributed by atoms with E-state index in [2.05, 4.69) is 23.2 Å². The first-order valence-corrected chi connectivity index (χ1v) is 4.50. The van der Waals surface area contributed by atoms with E-state index >= 15 is 0 Å². The van der Waals surface area contributed by atoms with Crippen molar-refractivity contribution in [3.63, 3.8) is 0 Å². The zero-order chi connectivity index (χ0) is 11.7. The van der Waals surface area contributed by atoms with Crippen LogP contribution < -0.4 is 5.32 Å². The molecule has 0 aromatic rings. The second-order valence-corrected chi connectivity index (χ2v) is 2.83. The molecule has 15 heavy (non-hydrogen) atoms. The second-order valence-electron chi connectivity index (χ2n) is 2.83. The standard InChI is InChI=1S/C10H15NO4/c1-3-7-15-10(14)11-6-4-5-8(2)9(12)13/h3H,1-2,4-7H2,(H,11,14)(H,12,13). The normalized spacial score (nSPS) is 9.07. The number of carbonyl (C=O) groups excluding carboxylic acids is 1. The maximum absolute atomic E-state index is 10.9. The Bertz CT molecular complexity index is 260. The van der Waals surface area contributed by atoms with Gasteiger partial charge < -0.3 is 15.2 Å². The molecule has 0 aliphatic rings. The van der Waals surface area contributed by atoms with Gasteiger partial charge in [-0.05, 0) is 12.8 Å². The first-order valence-electron chi connectivity index (χ1n) is 4.50. The van der Waals surface area contributed by atoms with Crippen molar-refractivity contribution < 1.29 is 19.4 Å². The Morgan fingerprint density at radius 2 is 2.13 bits per heavy atom. The van der Waals surface area contributed by atoms with Crippen molar-refractivity contribution in [3.05, 3.63) is 24.8 Å². The highest BCUT2D eigenvalue weighted by molar-refractivity contribution is 5.85. The van der Waals surface area contributed by atoms with Gasteiger partial charge in [0, 0.05) is 12.1 Å². The van der Waals surface area contributed by atoms with Gasteiger partial charge >= 0.3 is 12.1 Å². The van der Waals surface area contributed by atoms with Gasteiger partial charge in [0.15, 0.2) is 0 Å². The summed E-state index contributed by atoms with van der Waals surface area (Å²) < 4.78 is 4.64. The molecule has 0 spiro atoms. The van der Waals surface area contributed by atoms with Crippen molar-refractivity contribution in [2.24, 2.45) is 0 Å². The summed E-state index contributed by atoms with van der Waals surface area (Å²) in [5.74, 6) is -1.01. The number of rotatable bonds is 7. The van der Waals surface area contributed by atoms with E-state index in [-0.39, 0.29) is 12.2 Å². The molecule has 0 aromatic heterocycles. The molecule has 0 saturated carbocycles. The molecule has 0 fully saturated rings. The van der Waals surface area contributed by atoms with Crippen molar-refractivity contribution in [1.29, 1.82) is 0 Å². The van der Waals surface area contributed by atoms with Gasteiger partial charge in [-0.15, -0.1) is 0 Å². The van der Waals surface area contributed by atoms with Crippen molar-refractivity contribution in [2.75, 3.05) is 13.2 Å². The van der Waals surface area contributed by atoms with Crippen LogP contribution in [0.5, 0.6) is 0 Å². The fraction of sp³-hybridized carbons (Fsp3) is 0.400. The summed E-state index contributed by atoms with van der Waals surface area (Å²) in [6.45, 7) is 7.28. The highest BCUT2D eigenvalue weighted by Gasteiger charge is 2.04. The van der Waals surface area contributed by atoms with Crippen LogP contribution in [0.2, 0.25) is 0 Å². The monoisotopic (exact) mass is 213 g/mol. The minimum absolute atomic E-state index is 0.135. The SMILES string of the molecule is C=CCOC(=O)NCCCC(=C)C(=O)O. The van der Waals surface area contributed by atoms with Crippen molar-refractivity contribution in [2.45, 2.75) is 12.8 Å². The highest BCUT2D eigenvalue weighted by Crippen LogP contribution is 2.00. The van der Waals surface area contributed by atoms with E-state index in [0.717, 1.165) is 0 Å². The zero-order valence-electron chi connectivity index (χ0n) is 8.49. The molecule has 0 aromatic carbocycles. The van der Waals surface area contributed by atoms with Gasteiger partial charge in [-0.1, -0.05) is 19.2 Å². The summed E-state index contributed by atoms with van der Waals surface area (Å²) >= 11 is 0. The van der Waals surface area contributed by atoms with Crippen LogP contribution in [-0.2, 0) is 9.53 Å². The molecule has 5 heteroatoms. The molecule has 0 atom stereocenters. The van der Waals surface area contributed by atoms with Crippen LogP contribution in [0.25, 0.3) is 0 Å². The maximum Gasteiger partial charge on any atom is 0.407 e. The number of alkyl carbamates (subject to hydrolysis) is 1. The van der Waals surface area contributed by atoms with Crippen LogP contribution in [0.15, 0.2) is 24.8 Å². The number of amides is 1. The van der Waals surface area contributed by atoms with E-state index < -0.39 is 12.1 Å². The number of carboxylic acid groups (broad SMARTS) is 1. The summed E-state index contributed by atoms with van der Waals surface area (Å²) in [4.78, 5) is 21.2. The van der Waals surface area contributed by atoms with E-state index in [9.17, 15) is 9.59 Å². The fourth-order valence-corrected chi connectivity index (χ4v) is 0.785. The number of nitrogens with one attached hydrogen (secondary N) is 1. The van der Waals surface area contributed by atoms with Crippen molar-refractivity contribution in [3.8, 4) is 0 Å². The summed E-state index contributed by atoms with van der Waals surface area (Å²) in [6, 6.07) is 0. The van der Waals surface area contributed by atoms with Gasteiger partial charge in [0.25, 0.3) is 0 Å². The lowest BCUT2D eigenvalue weighted by Gasteiger charge is -2.04. The van der Waals surface area contributed by atoms with Crippen molar-refractivity contribution in [1.82, 2.24) is 5.32 Å². The first-order chi connectivity index (χ1) is 7.07. The second kappa shape index (κ2) is 7.61. The van der Waals surface area contributed by atoms with E-state index in [1.807, 2.05) is 0 Å². The molecular formula is C10H15NO4. The minimum atomic E-state index is -1.01. The third-order valence-corrected chi connectivity index (χ3v) is 1.56. The molecule has 1 amide bonds. The van der Waals surface area contributed by atoms with Crippen LogP contribution in [0.1, 0.15) is 12.8 Å². The molecule has 0 saturated heterocycles. The van der Waals surface area contributed by atoms with Gasteiger partial charge in [-0.2, -0.15) is 0 Å². The zero-order valence-corrected chi connectivity index (χ0v) is 8.49. The fourth-order valence-electron chi connectivity index (χ4n) is 0.785. The lowest BCUT2D eigenvalue weighted by Crippen LogP contribution is -2.25. The van der Waals surface area contributed by atoms with Gasteiger partial charge in [0.2, 0.25) is 0 Å². The van der Waals surface area contributed by atoms with E-state index in [1.165, 1.54) is 6.08 Å². The Morgan fingerprint density at radius 1 is 1.47 bits per heavy atom. The van der Waals surface area contributed by atoms with Crippen LogP contribution in [0, 0.1) is 0 Å². The van der Waals surface area contributed by atoms with E-state index in [1.54, 1.807) is 0 Å². The molecule has 0 bridgehead atoms. The quantitative estimate of drug-likeness (QED) is 0.380. The summed E-state index contributed by atoms with van der Waals surface area (Å²) in [5, 5.41) is 11.0. The van der Waals surface area contributed by atoms with Crippen LogP contribution in [-0.4, -0.2) is 30.3 Å². The number of carbonyl (C=O) groups is 2. The minimum Gasteiger partial charge on any atom is -0.478 e. The molecule has 0 rings (SSSR count). The number of hydrogen-bond acceptors (Lipinski definition) is 3. The average Bonchev–Trinajstić information content (AvgIpc) is 2.20. The van der Waals surface area contributed by atoms with Crippen LogP contribution in [0.3, 0.4) is 0 Å². The number of aliphatic carboxylic acids is 1. The third-order valence-electron chi connectivity index (χ3n) is 1.56. The molecule has 2 N–H and O–H groups in total. The van der Waals surface area contributed by atoms with Gasteiger partial charge in [-0.25, -0.2) is 9.59 Å². The van der Waals surface area contributed by atoms with Crippen molar-refractivity contribution >= 4 is 12.1 Å². The Kier molecular flexibility index (Phi) is 6.70. The van der Waals surface area contributed by atoms with E-state index in [4.69, 9.17) is 5.11 Å². The lowest BCUT2D eigenvalue weighted by molar-refractivity contribution is -0.132. The molecule has 0 aliphatic carbocycles. The Hall–Kier alpha value is -1.78. The molecule has 0 heterocycles. The Balaban J connectivity index is 3.46. The first kappa shape index (κ1) is 13.2. The number of carboxylic acids is 1. The summed E-state index contributed by atoms with van der Waals surface area (Å²) in [6.07, 6.45) is 1.80. The average molecular weight is 213 g/mol. The molecule has 84 valence electrons. The molecule has 0 unspecified atom stereocenters. The van der Waals surface area contributed by atoms with E-state index in [0.29, 0.717) is 19.4 Å². The predicted octanol–water partition coefficient (Wildman–Crippen LogP) is 1.32. The van der Waals surface area contributed by atoms with Gasteiger partial charge in [-0.3, -0.25) is 0 Å². The van der Waals surface area contributed by atoms with Crippen LogP contribution >= 0.6 is 0 Å². The molecule has 0 radical (unpaired) electrons. The van der Waals surface area contributed by atoms with Gasteiger partial charge in [0.05, 0.1) is 0 Å². The predicted molar refractivity (Wildman–Crippen MR) is 55.6 cm³/mol. The number of ether oxygens (including phenoxy) is 1. The third kappa shape index (κ3) is 7.30. The molecule has 5 nitrogen and oxygen atoms in total. The summed E-state index contributed by atoms with van der Waals surface area (Å²) in [5.41, 5.74) is 0.135. The Labute approximate surface area is 88.4 Å². The lowest BCUT2D eigenvalue weighted by atomic mass is 10.2. The topological polar surface area (TPSA) is 75.6 Å². The molecular weight excluding hydrogens is 198 g/mol. The van der Waals surface area contributed by atoms with Gasteiger partial charge in [0.1, 0.15) is 6.61 Å².